The summed E-state index contributed by atoms with van der Waals surface area (Å²) in [4.78, 5) is 22.7. The van der Waals surface area contributed by atoms with E-state index >= 15 is 0 Å². The van der Waals surface area contributed by atoms with E-state index in [4.69, 9.17) is 4.74 Å². The summed E-state index contributed by atoms with van der Waals surface area (Å²) in [5.74, 6) is -0.536. The normalized spacial score (nSPS) is 10.6. The summed E-state index contributed by atoms with van der Waals surface area (Å²) in [6.07, 6.45) is 0.869. The van der Waals surface area contributed by atoms with Crippen molar-refractivity contribution in [2.75, 3.05) is 24.2 Å². The number of non-ortho nitro benzene ring substituents is 1. The summed E-state index contributed by atoms with van der Waals surface area (Å²) in [7, 11) is -2.50. The molecular formula is C16H18ClN3O6S. The number of rotatable bonds is 7. The first-order valence-corrected chi connectivity index (χ1v) is 9.28. The summed E-state index contributed by atoms with van der Waals surface area (Å²) in [6.45, 7) is -0.241. The van der Waals surface area contributed by atoms with Gasteiger partial charge in [-0.05, 0) is 25.2 Å². The molecule has 2 rings (SSSR count). The smallest absolute Gasteiger partial charge is 0.273 e. The van der Waals surface area contributed by atoms with Crippen LogP contribution in [0.3, 0.4) is 0 Å². The number of carbonyl (C=O) groups is 1. The minimum absolute atomic E-state index is 0. The molecule has 27 heavy (non-hydrogen) atoms. The van der Waals surface area contributed by atoms with E-state index in [9.17, 15) is 23.3 Å². The molecule has 0 saturated carbocycles. The Morgan fingerprint density at radius 2 is 1.85 bits per heavy atom. The maximum atomic E-state index is 12.3. The Balaban J connectivity index is 0.00000364. The Morgan fingerprint density at radius 3 is 2.37 bits per heavy atom. The van der Waals surface area contributed by atoms with Crippen molar-refractivity contribution in [1.82, 2.24) is 5.32 Å². The number of hydrogen-bond donors (Lipinski definition) is 1. The molecule has 0 radical (unpaired) electrons. The SMILES string of the molecule is CNCC(=O)N(c1ccc([N+](=O)[O-])cc1Oc1ccccc1)S(C)(=O)=O.Cl. The predicted octanol–water partition coefficient (Wildman–Crippen LogP) is 2.32. The zero-order valence-corrected chi connectivity index (χ0v) is 16.1. The second kappa shape index (κ2) is 9.31. The van der Waals surface area contributed by atoms with Gasteiger partial charge in [0, 0.05) is 6.07 Å². The second-order valence-corrected chi connectivity index (χ2v) is 7.11. The third-order valence-corrected chi connectivity index (χ3v) is 4.29. The highest BCUT2D eigenvalue weighted by atomic mass is 35.5. The number of likely N-dealkylation sites (N-methyl/N-ethyl adjacent to an activating group) is 1. The molecule has 0 bridgehead atoms. The van der Waals surface area contributed by atoms with E-state index in [0.29, 0.717) is 10.1 Å². The molecule has 1 N–H and O–H groups in total. The molecule has 0 fully saturated rings. The van der Waals surface area contributed by atoms with Crippen LogP contribution in [0.4, 0.5) is 11.4 Å². The molecule has 11 heteroatoms. The molecule has 0 unspecified atom stereocenters. The number of hydrogen-bond acceptors (Lipinski definition) is 7. The van der Waals surface area contributed by atoms with Gasteiger partial charge in [0.05, 0.1) is 23.8 Å². The quantitative estimate of drug-likeness (QED) is 0.544. The molecule has 0 aliphatic carbocycles. The fraction of sp³-hybridized carbons (Fsp3) is 0.188. The lowest BCUT2D eigenvalue weighted by Crippen LogP contribution is -2.41. The van der Waals surface area contributed by atoms with E-state index in [1.807, 2.05) is 0 Å². The van der Waals surface area contributed by atoms with Crippen LogP contribution in [0, 0.1) is 10.1 Å². The van der Waals surface area contributed by atoms with Crippen LogP contribution in [0.5, 0.6) is 11.5 Å². The summed E-state index contributed by atoms with van der Waals surface area (Å²) in [5.41, 5.74) is -0.406. The Morgan fingerprint density at radius 1 is 1.22 bits per heavy atom. The van der Waals surface area contributed by atoms with E-state index < -0.39 is 20.9 Å². The number of anilines is 1. The van der Waals surface area contributed by atoms with Crippen LogP contribution >= 0.6 is 12.4 Å². The lowest BCUT2D eigenvalue weighted by atomic mass is 10.2. The molecule has 0 saturated heterocycles. The summed E-state index contributed by atoms with van der Waals surface area (Å²) >= 11 is 0. The van der Waals surface area contributed by atoms with Gasteiger partial charge in [-0.25, -0.2) is 12.7 Å². The van der Waals surface area contributed by atoms with E-state index in [-0.39, 0.29) is 36.1 Å². The van der Waals surface area contributed by atoms with E-state index in [1.165, 1.54) is 13.1 Å². The van der Waals surface area contributed by atoms with Crippen LogP contribution in [-0.2, 0) is 14.8 Å². The van der Waals surface area contributed by atoms with Crippen molar-refractivity contribution in [3.63, 3.8) is 0 Å². The lowest BCUT2D eigenvalue weighted by Gasteiger charge is -2.22. The van der Waals surface area contributed by atoms with Crippen molar-refractivity contribution in [3.05, 3.63) is 58.6 Å². The fourth-order valence-electron chi connectivity index (χ4n) is 2.20. The molecule has 2 aromatic carbocycles. The second-order valence-electron chi connectivity index (χ2n) is 5.28. The van der Waals surface area contributed by atoms with E-state index in [2.05, 4.69) is 5.32 Å². The number of para-hydroxylation sites is 1. The van der Waals surface area contributed by atoms with Gasteiger partial charge >= 0.3 is 0 Å². The minimum atomic E-state index is -3.99. The molecule has 0 aromatic heterocycles. The van der Waals surface area contributed by atoms with Crippen LogP contribution in [0.25, 0.3) is 0 Å². The highest BCUT2D eigenvalue weighted by Gasteiger charge is 2.29. The zero-order chi connectivity index (χ0) is 19.3. The van der Waals surface area contributed by atoms with Crippen molar-refractivity contribution < 1.29 is 22.9 Å². The largest absolute Gasteiger partial charge is 0.455 e. The number of benzene rings is 2. The summed E-state index contributed by atoms with van der Waals surface area (Å²) < 4.78 is 30.5. The number of nitrogens with zero attached hydrogens (tertiary/aromatic N) is 2. The summed E-state index contributed by atoms with van der Waals surface area (Å²) in [6, 6.07) is 11.7. The zero-order valence-electron chi connectivity index (χ0n) is 14.5. The van der Waals surface area contributed by atoms with Crippen molar-refractivity contribution in [2.24, 2.45) is 0 Å². The van der Waals surface area contributed by atoms with Gasteiger partial charge in [-0.15, -0.1) is 12.4 Å². The molecule has 146 valence electrons. The highest BCUT2D eigenvalue weighted by Crippen LogP contribution is 2.36. The van der Waals surface area contributed by atoms with Crippen molar-refractivity contribution >= 4 is 39.7 Å². The maximum Gasteiger partial charge on any atom is 0.273 e. The molecule has 0 aliphatic rings. The third-order valence-electron chi connectivity index (χ3n) is 3.23. The average Bonchev–Trinajstić information content (AvgIpc) is 2.56. The van der Waals surface area contributed by atoms with Crippen LogP contribution in [0.2, 0.25) is 0 Å². The van der Waals surface area contributed by atoms with Crippen LogP contribution < -0.4 is 14.4 Å². The standard InChI is InChI=1S/C16H17N3O6S.ClH/c1-17-11-16(20)18(26(2,23)24)14-9-8-12(19(21)22)10-15(14)25-13-6-4-3-5-7-13;/h3-10,17H,11H2,1-2H3;1H. The predicted molar refractivity (Wildman–Crippen MR) is 103 cm³/mol. The van der Waals surface area contributed by atoms with E-state index in [0.717, 1.165) is 18.4 Å². The van der Waals surface area contributed by atoms with Gasteiger partial charge in [0.15, 0.2) is 5.75 Å². The minimum Gasteiger partial charge on any atom is -0.455 e. The maximum absolute atomic E-state index is 12.3. The highest BCUT2D eigenvalue weighted by molar-refractivity contribution is 7.92. The van der Waals surface area contributed by atoms with Crippen molar-refractivity contribution in [2.45, 2.75) is 0 Å². The number of nitro benzene ring substituents is 1. The van der Waals surface area contributed by atoms with Gasteiger partial charge in [-0.3, -0.25) is 14.9 Å². The van der Waals surface area contributed by atoms with E-state index in [1.54, 1.807) is 30.3 Å². The monoisotopic (exact) mass is 415 g/mol. The topological polar surface area (TPSA) is 119 Å². The Bertz CT molecular complexity index is 921. The van der Waals surface area contributed by atoms with Gasteiger partial charge in [-0.2, -0.15) is 0 Å². The molecular weight excluding hydrogens is 398 g/mol. The summed E-state index contributed by atoms with van der Waals surface area (Å²) in [5, 5.41) is 13.6. The van der Waals surface area contributed by atoms with Crippen LogP contribution in [0.15, 0.2) is 48.5 Å². The third kappa shape index (κ3) is 5.64. The Hall–Kier alpha value is -2.69. The van der Waals surface area contributed by atoms with Crippen LogP contribution in [-0.4, -0.2) is 39.1 Å². The number of carbonyl (C=O) groups excluding carboxylic acids is 1. The van der Waals surface area contributed by atoms with Gasteiger partial charge in [0.1, 0.15) is 11.4 Å². The van der Waals surface area contributed by atoms with Crippen LogP contribution in [0.1, 0.15) is 0 Å². The number of sulfonamides is 1. The van der Waals surface area contributed by atoms with Gasteiger partial charge in [-0.1, -0.05) is 18.2 Å². The Kier molecular flexibility index (Phi) is 7.70. The average molecular weight is 416 g/mol. The molecule has 0 spiro atoms. The van der Waals surface area contributed by atoms with Crippen molar-refractivity contribution in [1.29, 1.82) is 0 Å². The number of ether oxygens (including phenoxy) is 1. The first-order chi connectivity index (χ1) is 12.2. The molecule has 0 atom stereocenters. The van der Waals surface area contributed by atoms with Gasteiger partial charge < -0.3 is 10.1 Å². The first kappa shape index (κ1) is 22.4. The molecule has 0 aliphatic heterocycles. The van der Waals surface area contributed by atoms with Crippen molar-refractivity contribution in [3.8, 4) is 11.5 Å². The lowest BCUT2D eigenvalue weighted by molar-refractivity contribution is -0.384. The Labute approximate surface area is 162 Å². The number of nitrogens with one attached hydrogen (secondary N) is 1. The number of nitro groups is 1. The van der Waals surface area contributed by atoms with Gasteiger partial charge in [0.25, 0.3) is 11.6 Å². The molecule has 9 nitrogen and oxygen atoms in total. The molecule has 2 aromatic rings. The number of halogens is 1. The fourth-order valence-corrected chi connectivity index (χ4v) is 3.14. The molecule has 1 amide bonds. The van der Waals surface area contributed by atoms with Gasteiger partial charge in [0.2, 0.25) is 10.0 Å². The first-order valence-electron chi connectivity index (χ1n) is 7.43. The molecule has 0 heterocycles. The number of amides is 1.